The van der Waals surface area contributed by atoms with Crippen LogP contribution in [0.2, 0.25) is 0 Å². The van der Waals surface area contributed by atoms with Gasteiger partial charge in [-0.25, -0.2) is 9.97 Å². The van der Waals surface area contributed by atoms with E-state index in [1.165, 1.54) is 12.1 Å². The van der Waals surface area contributed by atoms with Gasteiger partial charge in [0.25, 0.3) is 5.91 Å². The van der Waals surface area contributed by atoms with Gasteiger partial charge < -0.3 is 16.8 Å². The van der Waals surface area contributed by atoms with E-state index in [4.69, 9.17) is 11.5 Å². The molecule has 0 radical (unpaired) electrons. The van der Waals surface area contributed by atoms with Gasteiger partial charge in [-0.15, -0.1) is 0 Å². The Kier molecular flexibility index (Phi) is 7.25. The van der Waals surface area contributed by atoms with Crippen LogP contribution in [0.4, 0.5) is 19.0 Å². The average molecular weight is 497 g/mol. The Morgan fingerprint density at radius 1 is 1.17 bits per heavy atom. The van der Waals surface area contributed by atoms with Gasteiger partial charge in [-0.3, -0.25) is 9.20 Å². The Morgan fingerprint density at radius 3 is 2.58 bits per heavy atom. The normalized spacial score (nSPS) is 12.6. The Hall–Kier alpha value is -3.92. The molecular weight excluding hydrogens is 469 g/mol. The molecule has 0 saturated carbocycles. The van der Waals surface area contributed by atoms with E-state index in [-0.39, 0.29) is 18.4 Å². The molecule has 2 aromatic carbocycles. The quantitative estimate of drug-likeness (QED) is 0.325. The van der Waals surface area contributed by atoms with Crippen LogP contribution in [-0.4, -0.2) is 26.8 Å². The van der Waals surface area contributed by atoms with Crippen molar-refractivity contribution in [3.05, 3.63) is 83.3 Å². The van der Waals surface area contributed by atoms with Gasteiger partial charge in [0.05, 0.1) is 23.1 Å². The Morgan fingerprint density at radius 2 is 1.92 bits per heavy atom. The van der Waals surface area contributed by atoms with Gasteiger partial charge in [-0.2, -0.15) is 13.2 Å². The standard InChI is InChI=1S/C26H27F3N6O/c1-2-4-19(12-30)21-15-35-22(14-32-23(31)24(35)34-21)17-5-3-6-18(11-17)25(36)33-13-16-7-9-20(10-8-16)26(27,28)29/h3,5-11,14-15,19H,2,4,12-13,30H2,1H3,(H2,31,32)(H,33,36). The van der Waals surface area contributed by atoms with Gasteiger partial charge in [0.1, 0.15) is 0 Å². The first-order valence-corrected chi connectivity index (χ1v) is 11.6. The minimum atomic E-state index is -4.40. The molecule has 1 amide bonds. The van der Waals surface area contributed by atoms with E-state index in [1.807, 2.05) is 16.7 Å². The monoisotopic (exact) mass is 496 g/mol. The molecule has 0 fully saturated rings. The highest BCUT2D eigenvalue weighted by Gasteiger charge is 2.29. The summed E-state index contributed by atoms with van der Waals surface area (Å²) in [6.45, 7) is 2.65. The number of hydrogen-bond donors (Lipinski definition) is 3. The van der Waals surface area contributed by atoms with Crippen molar-refractivity contribution in [2.45, 2.75) is 38.4 Å². The van der Waals surface area contributed by atoms with Gasteiger partial charge in [0.15, 0.2) is 11.5 Å². The molecule has 10 heteroatoms. The van der Waals surface area contributed by atoms with Crippen molar-refractivity contribution in [2.75, 3.05) is 12.3 Å². The van der Waals surface area contributed by atoms with Gasteiger partial charge in [-0.1, -0.05) is 37.6 Å². The molecule has 2 aromatic heterocycles. The molecule has 1 unspecified atom stereocenters. The number of halogens is 3. The predicted molar refractivity (Wildman–Crippen MR) is 132 cm³/mol. The fourth-order valence-electron chi connectivity index (χ4n) is 4.07. The summed E-state index contributed by atoms with van der Waals surface area (Å²) in [6, 6.07) is 11.7. The zero-order chi connectivity index (χ0) is 25.9. The fraction of sp³-hybridized carbons (Fsp3) is 0.269. The lowest BCUT2D eigenvalue weighted by Crippen LogP contribution is -2.22. The highest BCUT2D eigenvalue weighted by molar-refractivity contribution is 5.95. The van der Waals surface area contributed by atoms with Crippen LogP contribution in [0.15, 0.2) is 60.9 Å². The van der Waals surface area contributed by atoms with Crippen LogP contribution in [0.5, 0.6) is 0 Å². The van der Waals surface area contributed by atoms with Crippen molar-refractivity contribution in [3.63, 3.8) is 0 Å². The number of nitrogens with zero attached hydrogens (tertiary/aromatic N) is 3. The summed E-state index contributed by atoms with van der Waals surface area (Å²) in [5.41, 5.74) is 15.1. The number of nitrogens with two attached hydrogens (primary N) is 2. The number of nitrogens with one attached hydrogen (secondary N) is 1. The van der Waals surface area contributed by atoms with Crippen LogP contribution in [0.1, 0.15) is 52.9 Å². The van der Waals surface area contributed by atoms with Crippen LogP contribution in [0.25, 0.3) is 16.9 Å². The van der Waals surface area contributed by atoms with Crippen LogP contribution in [-0.2, 0) is 12.7 Å². The van der Waals surface area contributed by atoms with E-state index in [1.54, 1.807) is 24.4 Å². The number of carbonyl (C=O) groups excluding carboxylic acids is 1. The van der Waals surface area contributed by atoms with E-state index in [2.05, 4.69) is 22.2 Å². The van der Waals surface area contributed by atoms with Gasteiger partial charge >= 0.3 is 6.18 Å². The molecule has 5 N–H and O–H groups in total. The third-order valence-electron chi connectivity index (χ3n) is 6.03. The van der Waals surface area contributed by atoms with E-state index in [9.17, 15) is 18.0 Å². The molecule has 0 aliphatic carbocycles. The lowest BCUT2D eigenvalue weighted by molar-refractivity contribution is -0.137. The van der Waals surface area contributed by atoms with E-state index in [0.29, 0.717) is 34.8 Å². The molecule has 1 atom stereocenters. The highest BCUT2D eigenvalue weighted by atomic mass is 19.4. The molecule has 0 spiro atoms. The molecule has 0 aliphatic heterocycles. The summed E-state index contributed by atoms with van der Waals surface area (Å²) in [5, 5.41) is 2.75. The maximum absolute atomic E-state index is 12.8. The third-order valence-corrected chi connectivity index (χ3v) is 6.03. The maximum Gasteiger partial charge on any atom is 0.416 e. The van der Waals surface area contributed by atoms with Gasteiger partial charge in [-0.05, 0) is 36.2 Å². The summed E-state index contributed by atoms with van der Waals surface area (Å²) in [5.74, 6) is 0.0426. The van der Waals surface area contributed by atoms with E-state index >= 15 is 0 Å². The van der Waals surface area contributed by atoms with Crippen LogP contribution in [0.3, 0.4) is 0 Å². The molecular formula is C26H27F3N6O. The van der Waals surface area contributed by atoms with Crippen LogP contribution >= 0.6 is 0 Å². The van der Waals surface area contributed by atoms with Crippen LogP contribution < -0.4 is 16.8 Å². The lowest BCUT2D eigenvalue weighted by Gasteiger charge is -2.10. The summed E-state index contributed by atoms with van der Waals surface area (Å²) >= 11 is 0. The highest BCUT2D eigenvalue weighted by Crippen LogP contribution is 2.29. The molecule has 188 valence electrons. The first-order chi connectivity index (χ1) is 17.2. The Labute approximate surface area is 206 Å². The first-order valence-electron chi connectivity index (χ1n) is 11.6. The molecule has 4 rings (SSSR count). The largest absolute Gasteiger partial charge is 0.416 e. The Balaban J connectivity index is 1.57. The predicted octanol–water partition coefficient (Wildman–Crippen LogP) is 4.77. The lowest BCUT2D eigenvalue weighted by atomic mass is 10.0. The summed E-state index contributed by atoms with van der Waals surface area (Å²) in [7, 11) is 0. The summed E-state index contributed by atoms with van der Waals surface area (Å²) < 4.78 is 40.1. The molecule has 0 bridgehead atoms. The van der Waals surface area contributed by atoms with Crippen molar-refractivity contribution in [1.29, 1.82) is 0 Å². The van der Waals surface area contributed by atoms with Crippen molar-refractivity contribution >= 4 is 17.4 Å². The smallest absolute Gasteiger partial charge is 0.381 e. The van der Waals surface area contributed by atoms with Crippen molar-refractivity contribution < 1.29 is 18.0 Å². The third kappa shape index (κ3) is 5.33. The van der Waals surface area contributed by atoms with Gasteiger partial charge in [0.2, 0.25) is 0 Å². The number of benzene rings is 2. The number of rotatable bonds is 8. The molecule has 36 heavy (non-hydrogen) atoms. The SMILES string of the molecule is CCCC(CN)c1cn2c(-c3cccc(C(=O)NCc4ccc(C(F)(F)F)cc4)c3)cnc(N)c2n1. The molecule has 0 aliphatic rings. The number of anilines is 1. The topological polar surface area (TPSA) is 111 Å². The summed E-state index contributed by atoms with van der Waals surface area (Å²) in [6.07, 6.45) is 1.01. The second-order valence-electron chi connectivity index (χ2n) is 8.57. The summed E-state index contributed by atoms with van der Waals surface area (Å²) in [4.78, 5) is 21.8. The van der Waals surface area contributed by atoms with E-state index < -0.39 is 11.7 Å². The molecule has 7 nitrogen and oxygen atoms in total. The second kappa shape index (κ2) is 10.4. The average Bonchev–Trinajstić information content (AvgIpc) is 3.32. The minimum Gasteiger partial charge on any atom is -0.381 e. The fourth-order valence-corrected chi connectivity index (χ4v) is 4.07. The number of nitrogen functional groups attached to an aromatic ring is 1. The van der Waals surface area contributed by atoms with Gasteiger partial charge in [0, 0.05) is 36.3 Å². The first kappa shape index (κ1) is 25.2. The minimum absolute atomic E-state index is 0.0949. The van der Waals surface area contributed by atoms with Crippen molar-refractivity contribution in [3.8, 4) is 11.3 Å². The molecule has 4 aromatic rings. The number of carbonyl (C=O) groups is 1. The number of imidazole rings is 1. The zero-order valence-electron chi connectivity index (χ0n) is 19.7. The van der Waals surface area contributed by atoms with E-state index in [0.717, 1.165) is 36.2 Å². The number of fused-ring (bicyclic) bond motifs is 1. The van der Waals surface area contributed by atoms with Crippen molar-refractivity contribution in [2.24, 2.45) is 5.73 Å². The maximum atomic E-state index is 12.8. The second-order valence-corrected chi connectivity index (χ2v) is 8.57. The molecule has 2 heterocycles. The Bertz CT molecular complexity index is 1360. The number of alkyl halides is 3. The molecule has 0 saturated heterocycles. The number of hydrogen-bond acceptors (Lipinski definition) is 5. The number of aromatic nitrogens is 3. The van der Waals surface area contributed by atoms with Crippen LogP contribution in [0, 0.1) is 0 Å². The number of amides is 1. The zero-order valence-corrected chi connectivity index (χ0v) is 19.7. The van der Waals surface area contributed by atoms with Crippen molar-refractivity contribution in [1.82, 2.24) is 19.7 Å².